The predicted octanol–water partition coefficient (Wildman–Crippen LogP) is 2.17. The maximum absolute atomic E-state index is 11.9. The van der Waals surface area contributed by atoms with Gasteiger partial charge in [-0.15, -0.1) is 12.3 Å². The number of terminal acetylenes is 1. The van der Waals surface area contributed by atoms with Crippen molar-refractivity contribution in [1.29, 1.82) is 0 Å². The van der Waals surface area contributed by atoms with Crippen LogP contribution in [0.3, 0.4) is 0 Å². The van der Waals surface area contributed by atoms with Gasteiger partial charge in [0.05, 0.1) is 18.1 Å². The molecule has 1 N–H and O–H groups in total. The van der Waals surface area contributed by atoms with E-state index in [-0.39, 0.29) is 23.7 Å². The lowest BCUT2D eigenvalue weighted by Gasteiger charge is -2.29. The van der Waals surface area contributed by atoms with Crippen LogP contribution in [0.2, 0.25) is 0 Å². The second kappa shape index (κ2) is 8.15. The van der Waals surface area contributed by atoms with Gasteiger partial charge in [-0.1, -0.05) is 0 Å². The molecule has 7 nitrogen and oxygen atoms in total. The number of carbonyl (C=O) groups excluding carboxylic acids is 1. The van der Waals surface area contributed by atoms with Crippen molar-refractivity contribution in [3.8, 4) is 12.3 Å². The van der Waals surface area contributed by atoms with Gasteiger partial charge in [0.15, 0.2) is 0 Å². The van der Waals surface area contributed by atoms with Crippen LogP contribution in [0, 0.1) is 22.5 Å². The number of amides is 1. The molecule has 0 spiro atoms. The summed E-state index contributed by atoms with van der Waals surface area (Å²) in [7, 11) is 0. The molecule has 0 bridgehead atoms. The maximum Gasteiger partial charge on any atom is 0.292 e. The Balaban J connectivity index is 2.15. The van der Waals surface area contributed by atoms with Gasteiger partial charge in [0.2, 0.25) is 5.91 Å². The zero-order valence-corrected chi connectivity index (χ0v) is 12.8. The van der Waals surface area contributed by atoms with Crippen LogP contribution in [-0.2, 0) is 9.53 Å². The summed E-state index contributed by atoms with van der Waals surface area (Å²) >= 11 is 0. The highest BCUT2D eigenvalue weighted by atomic mass is 16.6. The molecule has 1 aliphatic heterocycles. The summed E-state index contributed by atoms with van der Waals surface area (Å²) in [6.07, 6.45) is 6.44. The molecule has 1 heterocycles. The van der Waals surface area contributed by atoms with Crippen LogP contribution in [0.5, 0.6) is 0 Å². The molecule has 1 aliphatic rings. The number of hydrogen-bond acceptors (Lipinski definition) is 5. The van der Waals surface area contributed by atoms with Crippen molar-refractivity contribution in [1.82, 2.24) is 0 Å². The van der Waals surface area contributed by atoms with E-state index in [4.69, 9.17) is 11.2 Å². The third-order valence-corrected chi connectivity index (χ3v) is 3.55. The molecule has 1 aromatic rings. The van der Waals surface area contributed by atoms with Gasteiger partial charge >= 0.3 is 0 Å². The van der Waals surface area contributed by atoms with Crippen molar-refractivity contribution < 1.29 is 14.5 Å². The van der Waals surface area contributed by atoms with E-state index in [2.05, 4.69) is 16.1 Å². The fourth-order valence-corrected chi connectivity index (χ4v) is 2.37. The van der Waals surface area contributed by atoms with Gasteiger partial charge < -0.3 is 15.0 Å². The fourth-order valence-electron chi connectivity index (χ4n) is 2.37. The Morgan fingerprint density at radius 1 is 1.43 bits per heavy atom. The Labute approximate surface area is 134 Å². The predicted molar refractivity (Wildman–Crippen MR) is 87.4 cm³/mol. The smallest absolute Gasteiger partial charge is 0.292 e. The summed E-state index contributed by atoms with van der Waals surface area (Å²) < 4.78 is 5.30. The Bertz CT molecular complexity index is 618. The number of morpholine rings is 1. The maximum atomic E-state index is 11.9. The van der Waals surface area contributed by atoms with Gasteiger partial charge in [-0.05, 0) is 18.6 Å². The summed E-state index contributed by atoms with van der Waals surface area (Å²) in [6.45, 7) is 2.66. The first-order valence-electron chi connectivity index (χ1n) is 7.46. The van der Waals surface area contributed by atoms with Crippen molar-refractivity contribution >= 4 is 23.0 Å². The monoisotopic (exact) mass is 317 g/mol. The van der Waals surface area contributed by atoms with Gasteiger partial charge in [-0.3, -0.25) is 14.9 Å². The number of nitro groups is 1. The molecular formula is C16H19N3O4. The van der Waals surface area contributed by atoms with Gasteiger partial charge in [0.25, 0.3) is 5.69 Å². The minimum Gasteiger partial charge on any atom is -0.378 e. The van der Waals surface area contributed by atoms with Crippen molar-refractivity contribution in [2.45, 2.75) is 19.3 Å². The van der Waals surface area contributed by atoms with Crippen molar-refractivity contribution in [2.24, 2.45) is 0 Å². The first kappa shape index (κ1) is 16.8. The van der Waals surface area contributed by atoms with Crippen LogP contribution in [-0.4, -0.2) is 37.1 Å². The number of anilines is 2. The highest BCUT2D eigenvalue weighted by molar-refractivity contribution is 5.93. The number of hydrogen-bond donors (Lipinski definition) is 1. The van der Waals surface area contributed by atoms with Gasteiger partial charge in [0.1, 0.15) is 5.69 Å². The molecule has 23 heavy (non-hydrogen) atoms. The van der Waals surface area contributed by atoms with E-state index in [0.717, 1.165) is 5.69 Å². The van der Waals surface area contributed by atoms with E-state index in [0.29, 0.717) is 39.1 Å². The number of carbonyl (C=O) groups is 1. The minimum atomic E-state index is -0.500. The lowest BCUT2D eigenvalue weighted by Crippen LogP contribution is -2.36. The summed E-state index contributed by atoms with van der Waals surface area (Å²) in [6, 6.07) is 4.75. The SMILES string of the molecule is C#CCCCC(=O)Nc1cc(N2CCOCC2)ccc1[N+](=O)[O-]. The zero-order valence-electron chi connectivity index (χ0n) is 12.8. The van der Waals surface area contributed by atoms with E-state index in [1.807, 2.05) is 0 Å². The molecule has 1 fully saturated rings. The highest BCUT2D eigenvalue weighted by Gasteiger charge is 2.19. The van der Waals surface area contributed by atoms with Gasteiger partial charge in [-0.25, -0.2) is 0 Å². The topological polar surface area (TPSA) is 84.7 Å². The number of nitrogens with one attached hydrogen (secondary N) is 1. The van der Waals surface area contributed by atoms with Crippen LogP contribution in [0.4, 0.5) is 17.1 Å². The normalized spacial score (nSPS) is 14.1. The van der Waals surface area contributed by atoms with E-state index >= 15 is 0 Å². The summed E-state index contributed by atoms with van der Waals surface area (Å²) in [5.41, 5.74) is 0.926. The zero-order chi connectivity index (χ0) is 16.7. The molecule has 7 heteroatoms. The number of nitrogens with zero attached hydrogens (tertiary/aromatic N) is 2. The average Bonchev–Trinajstić information content (AvgIpc) is 2.55. The Morgan fingerprint density at radius 2 is 2.17 bits per heavy atom. The Morgan fingerprint density at radius 3 is 2.83 bits per heavy atom. The van der Waals surface area contributed by atoms with Crippen LogP contribution < -0.4 is 10.2 Å². The molecular weight excluding hydrogens is 298 g/mol. The minimum absolute atomic E-state index is 0.118. The summed E-state index contributed by atoms with van der Waals surface area (Å²) in [4.78, 5) is 24.6. The number of unbranched alkanes of at least 4 members (excludes halogenated alkanes) is 1. The first-order chi connectivity index (χ1) is 11.1. The number of benzene rings is 1. The van der Waals surface area contributed by atoms with E-state index in [1.165, 1.54) is 6.07 Å². The number of ether oxygens (including phenoxy) is 1. The lowest BCUT2D eigenvalue weighted by molar-refractivity contribution is -0.383. The van der Waals surface area contributed by atoms with Crippen molar-refractivity contribution in [2.75, 3.05) is 36.5 Å². The summed E-state index contributed by atoms with van der Waals surface area (Å²) in [5.74, 6) is 2.19. The molecule has 0 aromatic heterocycles. The third kappa shape index (κ3) is 4.69. The molecule has 0 unspecified atom stereocenters. The molecule has 1 amide bonds. The first-order valence-corrected chi connectivity index (χ1v) is 7.46. The van der Waals surface area contributed by atoms with Gasteiger partial charge in [-0.2, -0.15) is 0 Å². The van der Waals surface area contributed by atoms with Crippen LogP contribution in [0.15, 0.2) is 18.2 Å². The third-order valence-electron chi connectivity index (χ3n) is 3.55. The molecule has 0 radical (unpaired) electrons. The van der Waals surface area contributed by atoms with E-state index in [1.54, 1.807) is 12.1 Å². The van der Waals surface area contributed by atoms with Crippen LogP contribution in [0.25, 0.3) is 0 Å². The second-order valence-electron chi connectivity index (χ2n) is 5.16. The second-order valence-corrected chi connectivity index (χ2v) is 5.16. The van der Waals surface area contributed by atoms with Crippen LogP contribution in [0.1, 0.15) is 19.3 Å². The largest absolute Gasteiger partial charge is 0.378 e. The molecule has 0 atom stereocenters. The highest BCUT2D eigenvalue weighted by Crippen LogP contribution is 2.30. The van der Waals surface area contributed by atoms with Crippen LogP contribution >= 0.6 is 0 Å². The summed E-state index contributed by atoms with van der Waals surface area (Å²) in [5, 5.41) is 13.8. The Hall–Kier alpha value is -2.59. The fraction of sp³-hybridized carbons (Fsp3) is 0.438. The molecule has 0 saturated carbocycles. The average molecular weight is 317 g/mol. The number of nitro benzene ring substituents is 1. The van der Waals surface area contributed by atoms with Crippen molar-refractivity contribution in [3.05, 3.63) is 28.3 Å². The molecule has 0 aliphatic carbocycles. The molecule has 1 aromatic carbocycles. The molecule has 2 rings (SSSR count). The van der Waals surface area contributed by atoms with E-state index in [9.17, 15) is 14.9 Å². The molecule has 122 valence electrons. The van der Waals surface area contributed by atoms with E-state index < -0.39 is 4.92 Å². The molecule has 1 saturated heterocycles. The Kier molecular flexibility index (Phi) is 5.94. The quantitative estimate of drug-likeness (QED) is 0.376. The van der Waals surface area contributed by atoms with Crippen molar-refractivity contribution in [3.63, 3.8) is 0 Å². The van der Waals surface area contributed by atoms with Gasteiger partial charge in [0, 0.05) is 37.7 Å². The lowest BCUT2D eigenvalue weighted by atomic mass is 10.2. The number of rotatable bonds is 6. The standard InChI is InChI=1S/C16H19N3O4/c1-2-3-4-5-16(20)17-14-12-13(6-7-15(14)19(21)22)18-8-10-23-11-9-18/h1,6-7,12H,3-5,8-11H2,(H,17,20).